The third kappa shape index (κ3) is 4.70. The molecule has 3 heterocycles. The lowest BCUT2D eigenvalue weighted by Crippen LogP contribution is -1.96. The van der Waals surface area contributed by atoms with Crippen LogP contribution < -0.4 is 0 Å². The van der Waals surface area contributed by atoms with E-state index in [0.717, 1.165) is 49.9 Å². The smallest absolute Gasteiger partial charge is 0.160 e. The monoisotopic (exact) mass is 750 g/mol. The van der Waals surface area contributed by atoms with Crippen LogP contribution in [0.1, 0.15) is 0 Å². The maximum absolute atomic E-state index is 6.84. The fraction of sp³-hybridized carbons (Fsp3) is 0. The van der Waals surface area contributed by atoms with Crippen molar-refractivity contribution in [2.45, 2.75) is 0 Å². The molecule has 0 N–H and O–H groups in total. The molecule has 13 aromatic rings. The van der Waals surface area contributed by atoms with Gasteiger partial charge in [-0.1, -0.05) is 158 Å². The zero-order chi connectivity index (χ0) is 38.6. The lowest BCUT2D eigenvalue weighted by Gasteiger charge is -2.13. The van der Waals surface area contributed by atoms with Gasteiger partial charge in [-0.15, -0.1) is 0 Å². The van der Waals surface area contributed by atoms with Gasteiger partial charge in [0.05, 0.1) is 27.8 Å². The second kappa shape index (κ2) is 12.3. The molecule has 3 nitrogen and oxygen atoms in total. The van der Waals surface area contributed by atoms with Crippen LogP contribution in [0.15, 0.2) is 211 Å². The molecule has 0 aliphatic rings. The Labute approximate surface area is 339 Å². The molecule has 3 aromatic heterocycles. The van der Waals surface area contributed by atoms with Crippen molar-refractivity contribution in [2.75, 3.05) is 0 Å². The minimum atomic E-state index is 0.884. The van der Waals surface area contributed by atoms with E-state index in [1.54, 1.807) is 0 Å². The lowest BCUT2D eigenvalue weighted by atomic mass is 9.98. The highest BCUT2D eigenvalue weighted by molar-refractivity contribution is 6.17. The lowest BCUT2D eigenvalue weighted by molar-refractivity contribution is 0.666. The van der Waals surface area contributed by atoms with Crippen LogP contribution in [0.25, 0.3) is 121 Å². The van der Waals surface area contributed by atoms with Crippen molar-refractivity contribution >= 4 is 87.1 Å². The van der Waals surface area contributed by atoms with Gasteiger partial charge in [0.2, 0.25) is 0 Å². The van der Waals surface area contributed by atoms with Gasteiger partial charge in [0.25, 0.3) is 0 Å². The Morgan fingerprint density at radius 1 is 0.322 bits per heavy atom. The molecule has 0 unspecified atom stereocenters. The molecule has 0 amide bonds. The van der Waals surface area contributed by atoms with E-state index < -0.39 is 0 Å². The molecular weight excluding hydrogens is 717 g/mol. The fourth-order valence-corrected chi connectivity index (χ4v) is 9.83. The van der Waals surface area contributed by atoms with Crippen LogP contribution in [0.5, 0.6) is 0 Å². The molecule has 0 bridgehead atoms. The first kappa shape index (κ1) is 32.2. The minimum Gasteiger partial charge on any atom is -0.454 e. The number of furan rings is 1. The highest BCUT2D eigenvalue weighted by Gasteiger charge is 2.21. The van der Waals surface area contributed by atoms with Gasteiger partial charge >= 0.3 is 0 Å². The third-order valence-corrected chi connectivity index (χ3v) is 12.5. The minimum absolute atomic E-state index is 0.884. The summed E-state index contributed by atoms with van der Waals surface area (Å²) in [4.78, 5) is 0. The van der Waals surface area contributed by atoms with Crippen molar-refractivity contribution in [1.29, 1.82) is 0 Å². The van der Waals surface area contributed by atoms with Crippen LogP contribution in [0.3, 0.4) is 0 Å². The van der Waals surface area contributed by atoms with Gasteiger partial charge in [0, 0.05) is 38.0 Å². The van der Waals surface area contributed by atoms with E-state index in [0.29, 0.717) is 0 Å². The number of hydrogen-bond donors (Lipinski definition) is 0. The van der Waals surface area contributed by atoms with Crippen LogP contribution in [-0.2, 0) is 0 Å². The average Bonchev–Trinajstić information content (AvgIpc) is 3.96. The molecular formula is C56H34N2O. The molecule has 13 rings (SSSR count). The van der Waals surface area contributed by atoms with Gasteiger partial charge in [-0.25, -0.2) is 0 Å². The van der Waals surface area contributed by atoms with Crippen LogP contribution in [-0.4, -0.2) is 9.13 Å². The first-order valence-corrected chi connectivity index (χ1v) is 20.3. The van der Waals surface area contributed by atoms with E-state index in [1.165, 1.54) is 70.8 Å². The number of nitrogens with zero attached hydrogens (tertiary/aromatic N) is 2. The fourth-order valence-electron chi connectivity index (χ4n) is 9.83. The molecule has 0 spiro atoms. The van der Waals surface area contributed by atoms with Gasteiger partial charge in [-0.3, -0.25) is 0 Å². The summed E-state index contributed by atoms with van der Waals surface area (Å²) in [6.07, 6.45) is 0. The van der Waals surface area contributed by atoms with E-state index in [1.807, 2.05) is 0 Å². The Kier molecular flexibility index (Phi) is 6.72. The van der Waals surface area contributed by atoms with Crippen LogP contribution in [0, 0.1) is 0 Å². The molecule has 0 saturated heterocycles. The second-order valence-electron chi connectivity index (χ2n) is 15.7. The van der Waals surface area contributed by atoms with E-state index in [2.05, 4.69) is 215 Å². The maximum Gasteiger partial charge on any atom is 0.160 e. The van der Waals surface area contributed by atoms with Crippen LogP contribution in [0.2, 0.25) is 0 Å². The first-order chi connectivity index (χ1) is 29.3. The molecule has 59 heavy (non-hydrogen) atoms. The summed E-state index contributed by atoms with van der Waals surface area (Å²) in [5.41, 5.74) is 13.3. The predicted octanol–water partition coefficient (Wildman–Crippen LogP) is 15.4. The topological polar surface area (TPSA) is 23.0 Å². The molecule has 0 aliphatic heterocycles. The molecule has 0 radical (unpaired) electrons. The standard InChI is InChI=1S/C56H34N2O/c1-2-12-35(13-3-1)43-30-31-51(56-55(43)48-18-8-11-21-54(48)59-56)58-50-20-10-7-17-45(50)47-28-25-38(34-53(47)58)37-24-27-46-44-16-6-9-19-49(44)57(52(46)33-37)40-26-29-42-39(32-40)23-22-36-14-4-5-15-41(36)42/h1-34H. The second-order valence-corrected chi connectivity index (χ2v) is 15.7. The van der Waals surface area contributed by atoms with Crippen molar-refractivity contribution in [3.8, 4) is 33.6 Å². The molecule has 0 fully saturated rings. The van der Waals surface area contributed by atoms with Crippen molar-refractivity contribution < 1.29 is 4.42 Å². The zero-order valence-electron chi connectivity index (χ0n) is 31.9. The molecule has 274 valence electrons. The Hall–Kier alpha value is -7.88. The zero-order valence-corrected chi connectivity index (χ0v) is 31.9. The number of rotatable bonds is 4. The van der Waals surface area contributed by atoms with Crippen molar-refractivity contribution in [1.82, 2.24) is 9.13 Å². The SMILES string of the molecule is c1ccc(-c2ccc(-n3c4ccccc4c4ccc(-c5ccc6c7ccccc7n(-c7ccc8c(ccc9ccccc98)c7)c6c5)cc43)c3oc4ccccc4c23)cc1. The normalized spacial score (nSPS) is 12.1. The summed E-state index contributed by atoms with van der Waals surface area (Å²) < 4.78 is 11.7. The van der Waals surface area contributed by atoms with Gasteiger partial charge in [-0.2, -0.15) is 0 Å². The third-order valence-electron chi connectivity index (χ3n) is 12.5. The Bertz CT molecular complexity index is 3840. The van der Waals surface area contributed by atoms with Crippen LogP contribution in [0.4, 0.5) is 0 Å². The van der Waals surface area contributed by atoms with Gasteiger partial charge in [0.15, 0.2) is 5.58 Å². The quantitative estimate of drug-likeness (QED) is 0.164. The summed E-state index contributed by atoms with van der Waals surface area (Å²) >= 11 is 0. The molecule has 0 aliphatic carbocycles. The van der Waals surface area contributed by atoms with Crippen molar-refractivity contribution in [3.63, 3.8) is 0 Å². The van der Waals surface area contributed by atoms with Crippen molar-refractivity contribution in [2.24, 2.45) is 0 Å². The predicted molar refractivity (Wildman–Crippen MR) is 248 cm³/mol. The molecule has 10 aromatic carbocycles. The number of fused-ring (bicyclic) bond motifs is 12. The summed E-state index contributed by atoms with van der Waals surface area (Å²) in [5, 5.41) is 12.2. The number of hydrogen-bond acceptors (Lipinski definition) is 1. The molecule has 0 atom stereocenters. The maximum atomic E-state index is 6.84. The molecule has 0 saturated carbocycles. The van der Waals surface area contributed by atoms with E-state index in [4.69, 9.17) is 4.42 Å². The summed E-state index contributed by atoms with van der Waals surface area (Å²) in [7, 11) is 0. The Morgan fingerprint density at radius 3 is 1.64 bits per heavy atom. The van der Waals surface area contributed by atoms with Crippen molar-refractivity contribution in [3.05, 3.63) is 206 Å². The van der Waals surface area contributed by atoms with Gasteiger partial charge in [0.1, 0.15) is 5.58 Å². The summed E-state index contributed by atoms with van der Waals surface area (Å²) in [6.45, 7) is 0. The molecule has 3 heteroatoms. The highest BCUT2D eigenvalue weighted by atomic mass is 16.3. The van der Waals surface area contributed by atoms with Crippen LogP contribution >= 0.6 is 0 Å². The first-order valence-electron chi connectivity index (χ1n) is 20.3. The van der Waals surface area contributed by atoms with Gasteiger partial charge < -0.3 is 13.6 Å². The highest BCUT2D eigenvalue weighted by Crippen LogP contribution is 2.44. The summed E-state index contributed by atoms with van der Waals surface area (Å²) in [5.74, 6) is 0. The van der Waals surface area contributed by atoms with E-state index in [-0.39, 0.29) is 0 Å². The summed E-state index contributed by atoms with van der Waals surface area (Å²) in [6, 6.07) is 75.0. The van der Waals surface area contributed by atoms with E-state index >= 15 is 0 Å². The largest absolute Gasteiger partial charge is 0.454 e. The number of aromatic nitrogens is 2. The van der Waals surface area contributed by atoms with E-state index in [9.17, 15) is 0 Å². The Morgan fingerprint density at radius 2 is 0.881 bits per heavy atom. The number of benzene rings is 10. The number of para-hydroxylation sites is 3. The Balaban J connectivity index is 1.04. The average molecular weight is 751 g/mol. The van der Waals surface area contributed by atoms with Gasteiger partial charge in [-0.05, 0) is 92.3 Å².